The number of hydrogen-bond donors (Lipinski definition) is 1. The number of hydrogen-bond acceptors (Lipinski definition) is 6. The molecule has 0 fully saturated rings. The average molecular weight is 274 g/mol. The van der Waals surface area contributed by atoms with Gasteiger partial charge in [-0.2, -0.15) is 0 Å². The Morgan fingerprint density at radius 1 is 1.55 bits per heavy atom. The molecule has 0 aliphatic carbocycles. The van der Waals surface area contributed by atoms with E-state index < -0.39 is 10.8 Å². The maximum Gasteiger partial charge on any atom is 0.273 e. The minimum Gasteiger partial charge on any atom is -0.288 e. The van der Waals surface area contributed by atoms with Gasteiger partial charge in [0.2, 0.25) is 0 Å². The van der Waals surface area contributed by atoms with Gasteiger partial charge in [0.1, 0.15) is 0 Å². The van der Waals surface area contributed by atoms with Crippen LogP contribution in [0.5, 0.6) is 0 Å². The van der Waals surface area contributed by atoms with Crippen molar-refractivity contribution in [3.05, 3.63) is 46.0 Å². The molecule has 0 bridgehead atoms. The summed E-state index contributed by atoms with van der Waals surface area (Å²) >= 11 is 0. The molecule has 9 nitrogen and oxygen atoms in total. The van der Waals surface area contributed by atoms with Crippen molar-refractivity contribution in [1.82, 2.24) is 20.2 Å². The van der Waals surface area contributed by atoms with Crippen LogP contribution >= 0.6 is 0 Å². The highest BCUT2D eigenvalue weighted by atomic mass is 16.6. The molecule has 1 heterocycles. The first-order chi connectivity index (χ1) is 9.52. The molecule has 0 aliphatic heterocycles. The Bertz CT molecular complexity index is 693. The lowest BCUT2D eigenvalue weighted by molar-refractivity contribution is -0.385. The van der Waals surface area contributed by atoms with Gasteiger partial charge in [-0.1, -0.05) is 17.7 Å². The fourth-order valence-corrected chi connectivity index (χ4v) is 1.59. The largest absolute Gasteiger partial charge is 0.288 e. The van der Waals surface area contributed by atoms with Crippen LogP contribution < -0.4 is 5.32 Å². The normalized spacial score (nSPS) is 10.1. The standard InChI is InChI=1S/C11H10N6O3/c1-3-16-14-11(13-15-16)12-10(18)8-5-4-6-9(7(8)2)17(19)20/h3-6H,1H2,2H3,(H,12,14,18). The average Bonchev–Trinajstić information content (AvgIpc) is 2.86. The molecule has 2 aromatic rings. The predicted octanol–water partition coefficient (Wildman–Crippen LogP) is 1.24. The molecule has 0 spiro atoms. The number of tetrazole rings is 1. The molecule has 9 heteroatoms. The summed E-state index contributed by atoms with van der Waals surface area (Å²) in [5, 5.41) is 24.2. The van der Waals surface area contributed by atoms with Crippen LogP contribution in [0.3, 0.4) is 0 Å². The molecule has 20 heavy (non-hydrogen) atoms. The topological polar surface area (TPSA) is 116 Å². The van der Waals surface area contributed by atoms with E-state index in [9.17, 15) is 14.9 Å². The summed E-state index contributed by atoms with van der Waals surface area (Å²) in [5.41, 5.74) is 0.320. The highest BCUT2D eigenvalue weighted by molar-refractivity contribution is 6.04. The first-order valence-electron chi connectivity index (χ1n) is 5.50. The fraction of sp³-hybridized carbons (Fsp3) is 0.0909. The quantitative estimate of drug-likeness (QED) is 0.662. The molecule has 1 aromatic heterocycles. The van der Waals surface area contributed by atoms with Gasteiger partial charge in [0, 0.05) is 23.4 Å². The molecule has 1 aromatic carbocycles. The zero-order chi connectivity index (χ0) is 14.7. The number of aromatic nitrogens is 4. The Labute approximate surface area is 113 Å². The lowest BCUT2D eigenvalue weighted by Crippen LogP contribution is -2.15. The Hall–Kier alpha value is -3.10. The highest BCUT2D eigenvalue weighted by Crippen LogP contribution is 2.21. The first kappa shape index (κ1) is 13.3. The Morgan fingerprint density at radius 3 is 2.90 bits per heavy atom. The molecular weight excluding hydrogens is 264 g/mol. The lowest BCUT2D eigenvalue weighted by Gasteiger charge is -2.04. The van der Waals surface area contributed by atoms with Gasteiger partial charge in [-0.25, -0.2) is 0 Å². The van der Waals surface area contributed by atoms with Crippen LogP contribution in [0.1, 0.15) is 15.9 Å². The summed E-state index contributed by atoms with van der Waals surface area (Å²) in [6, 6.07) is 4.25. The van der Waals surface area contributed by atoms with Crippen LogP contribution in [0.4, 0.5) is 11.6 Å². The summed E-state index contributed by atoms with van der Waals surface area (Å²) in [7, 11) is 0. The third-order valence-electron chi connectivity index (χ3n) is 2.56. The summed E-state index contributed by atoms with van der Waals surface area (Å²) in [6.45, 7) is 4.94. The van der Waals surface area contributed by atoms with Gasteiger partial charge in [-0.15, -0.1) is 9.90 Å². The second kappa shape index (κ2) is 5.26. The maximum absolute atomic E-state index is 12.0. The molecule has 0 saturated carbocycles. The molecule has 0 unspecified atom stereocenters. The van der Waals surface area contributed by atoms with Crippen LogP contribution in [0.2, 0.25) is 0 Å². The number of anilines is 1. The highest BCUT2D eigenvalue weighted by Gasteiger charge is 2.18. The van der Waals surface area contributed by atoms with Gasteiger partial charge >= 0.3 is 0 Å². The van der Waals surface area contributed by atoms with E-state index in [1.807, 2.05) is 0 Å². The van der Waals surface area contributed by atoms with Crippen LogP contribution in [-0.2, 0) is 0 Å². The van der Waals surface area contributed by atoms with Crippen molar-refractivity contribution in [2.45, 2.75) is 6.92 Å². The summed E-state index contributed by atoms with van der Waals surface area (Å²) in [6.07, 6.45) is 1.31. The second-order valence-corrected chi connectivity index (χ2v) is 3.78. The van der Waals surface area contributed by atoms with E-state index in [0.717, 1.165) is 4.80 Å². The molecule has 102 valence electrons. The first-order valence-corrected chi connectivity index (χ1v) is 5.50. The van der Waals surface area contributed by atoms with E-state index in [-0.39, 0.29) is 22.8 Å². The zero-order valence-electron chi connectivity index (χ0n) is 10.5. The molecule has 0 radical (unpaired) electrons. The van der Waals surface area contributed by atoms with Gasteiger partial charge in [-0.3, -0.25) is 20.2 Å². The number of rotatable bonds is 4. The SMILES string of the molecule is C=Cn1nnc(NC(=O)c2cccc([N+](=O)[O-])c2C)n1. The fourth-order valence-electron chi connectivity index (χ4n) is 1.59. The Balaban J connectivity index is 2.27. The van der Waals surface area contributed by atoms with E-state index in [2.05, 4.69) is 27.3 Å². The van der Waals surface area contributed by atoms with E-state index in [1.54, 1.807) is 0 Å². The number of amides is 1. The lowest BCUT2D eigenvalue weighted by atomic mass is 10.1. The van der Waals surface area contributed by atoms with Crippen LogP contribution in [-0.4, -0.2) is 31.0 Å². The summed E-state index contributed by atoms with van der Waals surface area (Å²) in [5.74, 6) is -0.560. The van der Waals surface area contributed by atoms with Crippen LogP contribution in [0.15, 0.2) is 24.8 Å². The van der Waals surface area contributed by atoms with Crippen molar-refractivity contribution in [3.63, 3.8) is 0 Å². The number of nitrogens with zero attached hydrogens (tertiary/aromatic N) is 5. The van der Waals surface area contributed by atoms with Gasteiger partial charge in [0.05, 0.1) is 4.92 Å². The molecule has 1 N–H and O–H groups in total. The number of nitro benzene ring substituents is 1. The number of carbonyl (C=O) groups excluding carboxylic acids is 1. The third kappa shape index (κ3) is 2.51. The molecule has 1 amide bonds. The number of nitro groups is 1. The van der Waals surface area contributed by atoms with Crippen molar-refractivity contribution in [2.75, 3.05) is 5.32 Å². The molecule has 0 atom stereocenters. The Kier molecular flexibility index (Phi) is 3.51. The summed E-state index contributed by atoms with van der Waals surface area (Å²) < 4.78 is 0. The monoisotopic (exact) mass is 274 g/mol. The molecular formula is C11H10N6O3. The molecule has 0 aliphatic rings. The Morgan fingerprint density at radius 2 is 2.30 bits per heavy atom. The van der Waals surface area contributed by atoms with E-state index in [1.165, 1.54) is 31.3 Å². The second-order valence-electron chi connectivity index (χ2n) is 3.78. The predicted molar refractivity (Wildman–Crippen MR) is 70.0 cm³/mol. The molecule has 0 saturated heterocycles. The van der Waals surface area contributed by atoms with Gasteiger partial charge in [0.25, 0.3) is 17.5 Å². The van der Waals surface area contributed by atoms with Gasteiger partial charge in [0.15, 0.2) is 0 Å². The minimum absolute atomic E-state index is 0.0131. The van der Waals surface area contributed by atoms with Crippen molar-refractivity contribution in [3.8, 4) is 0 Å². The number of nitrogens with one attached hydrogen (secondary N) is 1. The van der Waals surface area contributed by atoms with E-state index in [4.69, 9.17) is 0 Å². The number of benzene rings is 1. The van der Waals surface area contributed by atoms with Crippen LogP contribution in [0, 0.1) is 17.0 Å². The number of carbonyl (C=O) groups is 1. The van der Waals surface area contributed by atoms with Gasteiger partial charge < -0.3 is 0 Å². The zero-order valence-corrected chi connectivity index (χ0v) is 10.5. The van der Waals surface area contributed by atoms with Gasteiger partial charge in [-0.05, 0) is 18.2 Å². The van der Waals surface area contributed by atoms with Crippen molar-refractivity contribution < 1.29 is 9.72 Å². The maximum atomic E-state index is 12.0. The minimum atomic E-state index is -0.546. The van der Waals surface area contributed by atoms with E-state index >= 15 is 0 Å². The van der Waals surface area contributed by atoms with Crippen molar-refractivity contribution in [2.24, 2.45) is 0 Å². The van der Waals surface area contributed by atoms with Crippen molar-refractivity contribution in [1.29, 1.82) is 0 Å². The van der Waals surface area contributed by atoms with Crippen LogP contribution in [0.25, 0.3) is 6.20 Å². The van der Waals surface area contributed by atoms with E-state index in [0.29, 0.717) is 0 Å². The molecule has 2 rings (SSSR count). The third-order valence-corrected chi connectivity index (χ3v) is 2.56. The smallest absolute Gasteiger partial charge is 0.273 e. The summed E-state index contributed by atoms with van der Waals surface area (Å²) in [4.78, 5) is 23.4. The van der Waals surface area contributed by atoms with Crippen molar-refractivity contribution >= 4 is 23.7 Å².